The molecule has 1 aliphatic heterocycles. The van der Waals surface area contributed by atoms with E-state index in [2.05, 4.69) is 10.6 Å². The van der Waals surface area contributed by atoms with Gasteiger partial charge in [0.15, 0.2) is 0 Å². The molecule has 19 heavy (non-hydrogen) atoms. The molecule has 102 valence electrons. The number of carbonyl (C=O) groups excluding carboxylic acids is 1. The third kappa shape index (κ3) is 3.08. The van der Waals surface area contributed by atoms with E-state index in [1.807, 2.05) is 0 Å². The van der Waals surface area contributed by atoms with Crippen LogP contribution < -0.4 is 10.6 Å². The zero-order valence-electron chi connectivity index (χ0n) is 10.8. The largest absolute Gasteiger partial charge is 0.351 e. The molecule has 1 heterocycles. The van der Waals surface area contributed by atoms with Gasteiger partial charge in [-0.1, -0.05) is 12.1 Å². The van der Waals surface area contributed by atoms with Crippen LogP contribution >= 0.6 is 0 Å². The first-order chi connectivity index (χ1) is 9.09. The number of benzene rings is 1. The SMILES string of the molecule is Cc1cccc([N+](=O)[O-])c1C(=O)NCC1CCNC1. The van der Waals surface area contributed by atoms with E-state index in [4.69, 9.17) is 0 Å². The second-order valence-electron chi connectivity index (χ2n) is 4.79. The van der Waals surface area contributed by atoms with Crippen molar-refractivity contribution in [3.8, 4) is 0 Å². The number of amides is 1. The van der Waals surface area contributed by atoms with Crippen molar-refractivity contribution >= 4 is 11.6 Å². The molecule has 6 nitrogen and oxygen atoms in total. The first kappa shape index (κ1) is 13.5. The van der Waals surface area contributed by atoms with Crippen LogP contribution in [0.2, 0.25) is 0 Å². The predicted octanol–water partition coefficient (Wildman–Crippen LogP) is 1.24. The Morgan fingerprint density at radius 2 is 2.37 bits per heavy atom. The molecule has 2 N–H and O–H groups in total. The summed E-state index contributed by atoms with van der Waals surface area (Å²) in [6, 6.07) is 4.66. The van der Waals surface area contributed by atoms with Gasteiger partial charge in [-0.15, -0.1) is 0 Å². The molecule has 1 aromatic rings. The lowest BCUT2D eigenvalue weighted by molar-refractivity contribution is -0.385. The van der Waals surface area contributed by atoms with Crippen LogP contribution in [0, 0.1) is 23.0 Å². The quantitative estimate of drug-likeness (QED) is 0.632. The van der Waals surface area contributed by atoms with Crippen LogP contribution in [0.4, 0.5) is 5.69 Å². The normalized spacial score (nSPS) is 18.3. The fraction of sp³-hybridized carbons (Fsp3) is 0.462. The number of nitro groups is 1. The van der Waals surface area contributed by atoms with Gasteiger partial charge in [-0.05, 0) is 37.9 Å². The molecule has 0 aromatic heterocycles. The van der Waals surface area contributed by atoms with Gasteiger partial charge in [0.2, 0.25) is 0 Å². The van der Waals surface area contributed by atoms with Crippen LogP contribution in [0.15, 0.2) is 18.2 Å². The summed E-state index contributed by atoms with van der Waals surface area (Å²) in [4.78, 5) is 22.6. The third-order valence-electron chi connectivity index (χ3n) is 3.39. The maximum Gasteiger partial charge on any atom is 0.282 e. The van der Waals surface area contributed by atoms with E-state index >= 15 is 0 Å². The molecule has 0 saturated carbocycles. The van der Waals surface area contributed by atoms with E-state index in [1.54, 1.807) is 19.1 Å². The molecular formula is C13H17N3O3. The van der Waals surface area contributed by atoms with Gasteiger partial charge in [0, 0.05) is 12.6 Å². The summed E-state index contributed by atoms with van der Waals surface area (Å²) >= 11 is 0. The molecule has 1 fully saturated rings. The molecule has 0 radical (unpaired) electrons. The van der Waals surface area contributed by atoms with Crippen molar-refractivity contribution in [3.05, 3.63) is 39.4 Å². The van der Waals surface area contributed by atoms with E-state index in [9.17, 15) is 14.9 Å². The second-order valence-corrected chi connectivity index (χ2v) is 4.79. The Hall–Kier alpha value is -1.95. The van der Waals surface area contributed by atoms with Gasteiger partial charge in [0.1, 0.15) is 5.56 Å². The summed E-state index contributed by atoms with van der Waals surface area (Å²) in [5, 5.41) is 17.0. The van der Waals surface area contributed by atoms with E-state index in [0.29, 0.717) is 18.0 Å². The van der Waals surface area contributed by atoms with E-state index in [0.717, 1.165) is 19.5 Å². The van der Waals surface area contributed by atoms with Crippen LogP contribution in [-0.4, -0.2) is 30.5 Å². The minimum atomic E-state index is -0.515. The van der Waals surface area contributed by atoms with Gasteiger partial charge in [-0.3, -0.25) is 14.9 Å². The predicted molar refractivity (Wildman–Crippen MR) is 71.1 cm³/mol. The van der Waals surface area contributed by atoms with Crippen LogP contribution in [0.5, 0.6) is 0 Å². The number of carbonyl (C=O) groups is 1. The molecule has 1 unspecified atom stereocenters. The first-order valence-electron chi connectivity index (χ1n) is 6.32. The molecule has 1 atom stereocenters. The van der Waals surface area contributed by atoms with Crippen molar-refractivity contribution in [2.75, 3.05) is 19.6 Å². The summed E-state index contributed by atoms with van der Waals surface area (Å²) < 4.78 is 0. The van der Waals surface area contributed by atoms with Crippen molar-refractivity contribution in [1.82, 2.24) is 10.6 Å². The highest BCUT2D eigenvalue weighted by Crippen LogP contribution is 2.21. The highest BCUT2D eigenvalue weighted by molar-refractivity contribution is 5.99. The minimum Gasteiger partial charge on any atom is -0.351 e. The summed E-state index contributed by atoms with van der Waals surface area (Å²) in [5.74, 6) is 0.0451. The highest BCUT2D eigenvalue weighted by Gasteiger charge is 2.23. The number of nitrogens with one attached hydrogen (secondary N) is 2. The average molecular weight is 263 g/mol. The zero-order valence-corrected chi connectivity index (χ0v) is 10.8. The standard InChI is InChI=1S/C13H17N3O3/c1-9-3-2-4-11(16(18)19)12(9)13(17)15-8-10-5-6-14-7-10/h2-4,10,14H,5-8H2,1H3,(H,15,17). The molecule has 1 saturated heterocycles. The van der Waals surface area contributed by atoms with Gasteiger partial charge in [-0.25, -0.2) is 0 Å². The lowest BCUT2D eigenvalue weighted by atomic mass is 10.0. The van der Waals surface area contributed by atoms with Crippen LogP contribution in [0.3, 0.4) is 0 Å². The number of nitrogens with zero attached hydrogens (tertiary/aromatic N) is 1. The Kier molecular flexibility index (Phi) is 4.11. The Morgan fingerprint density at radius 3 is 3.00 bits per heavy atom. The monoisotopic (exact) mass is 263 g/mol. The number of hydrogen-bond acceptors (Lipinski definition) is 4. The Morgan fingerprint density at radius 1 is 1.58 bits per heavy atom. The maximum atomic E-state index is 12.1. The van der Waals surface area contributed by atoms with Gasteiger partial charge in [0.05, 0.1) is 4.92 Å². The minimum absolute atomic E-state index is 0.137. The van der Waals surface area contributed by atoms with Crippen LogP contribution in [0.25, 0.3) is 0 Å². The fourth-order valence-corrected chi connectivity index (χ4v) is 2.31. The van der Waals surface area contributed by atoms with Gasteiger partial charge >= 0.3 is 0 Å². The van der Waals surface area contributed by atoms with E-state index < -0.39 is 4.92 Å². The molecule has 1 aromatic carbocycles. The summed E-state index contributed by atoms with van der Waals surface area (Å²) in [7, 11) is 0. The highest BCUT2D eigenvalue weighted by atomic mass is 16.6. The van der Waals surface area contributed by atoms with Crippen LogP contribution in [0.1, 0.15) is 22.3 Å². The zero-order chi connectivity index (χ0) is 13.8. The molecule has 0 spiro atoms. The van der Waals surface area contributed by atoms with E-state index in [-0.39, 0.29) is 17.2 Å². The number of aryl methyl sites for hydroxylation is 1. The van der Waals surface area contributed by atoms with E-state index in [1.165, 1.54) is 6.07 Å². The Bertz CT molecular complexity index is 496. The molecule has 2 rings (SSSR count). The summed E-state index contributed by atoms with van der Waals surface area (Å²) in [6.07, 6.45) is 1.02. The van der Waals surface area contributed by atoms with Gasteiger partial charge in [0.25, 0.3) is 11.6 Å². The van der Waals surface area contributed by atoms with Crippen molar-refractivity contribution in [3.63, 3.8) is 0 Å². The molecule has 1 amide bonds. The number of hydrogen-bond donors (Lipinski definition) is 2. The van der Waals surface area contributed by atoms with Gasteiger partial charge in [-0.2, -0.15) is 0 Å². The first-order valence-corrected chi connectivity index (χ1v) is 6.32. The Balaban J connectivity index is 2.11. The third-order valence-corrected chi connectivity index (χ3v) is 3.39. The summed E-state index contributed by atoms with van der Waals surface area (Å²) in [6.45, 7) is 4.11. The fourth-order valence-electron chi connectivity index (χ4n) is 2.31. The Labute approximate surface area is 111 Å². The molecule has 1 aliphatic rings. The molecule has 6 heteroatoms. The summed E-state index contributed by atoms with van der Waals surface area (Å²) in [5.41, 5.74) is 0.650. The maximum absolute atomic E-state index is 12.1. The second kappa shape index (κ2) is 5.79. The lowest BCUT2D eigenvalue weighted by Gasteiger charge is -2.11. The number of rotatable bonds is 4. The molecule has 0 bridgehead atoms. The van der Waals surface area contributed by atoms with Gasteiger partial charge < -0.3 is 10.6 Å². The smallest absolute Gasteiger partial charge is 0.282 e. The molecular weight excluding hydrogens is 246 g/mol. The van der Waals surface area contributed by atoms with Crippen molar-refractivity contribution in [1.29, 1.82) is 0 Å². The average Bonchev–Trinajstić information content (AvgIpc) is 2.88. The molecule has 0 aliphatic carbocycles. The lowest BCUT2D eigenvalue weighted by Crippen LogP contribution is -2.31. The number of nitro benzene ring substituents is 1. The van der Waals surface area contributed by atoms with Crippen LogP contribution in [-0.2, 0) is 0 Å². The topological polar surface area (TPSA) is 84.3 Å². The van der Waals surface area contributed by atoms with Crippen molar-refractivity contribution in [2.24, 2.45) is 5.92 Å². The van der Waals surface area contributed by atoms with Crippen molar-refractivity contribution < 1.29 is 9.72 Å². The van der Waals surface area contributed by atoms with Crippen molar-refractivity contribution in [2.45, 2.75) is 13.3 Å².